The Morgan fingerprint density at radius 2 is 1.34 bits per heavy atom. The minimum absolute atomic E-state index is 0.00915. The highest BCUT2D eigenvalue weighted by Crippen LogP contribution is 2.27. The molecule has 2 aliphatic heterocycles. The number of unbranched alkanes of at least 4 members (excludes halogenated alkanes) is 2. The summed E-state index contributed by atoms with van der Waals surface area (Å²) >= 11 is 0. The molecule has 438 valence electrons. The first-order valence-electron chi connectivity index (χ1n) is 27.1. The van der Waals surface area contributed by atoms with Crippen molar-refractivity contribution >= 4 is 47.4 Å². The number of nitrogens with zero attached hydrogens (tertiary/aromatic N) is 4. The van der Waals surface area contributed by atoms with Gasteiger partial charge in [0.2, 0.25) is 35.4 Å². The van der Waals surface area contributed by atoms with Crippen molar-refractivity contribution in [2.75, 3.05) is 85.6 Å². The summed E-state index contributed by atoms with van der Waals surface area (Å²) in [4.78, 5) is 114. The summed E-state index contributed by atoms with van der Waals surface area (Å²) in [6.07, 6.45) is 3.26. The molecule has 0 spiro atoms. The van der Waals surface area contributed by atoms with Crippen molar-refractivity contribution in [3.63, 3.8) is 0 Å². The highest BCUT2D eigenvalue weighted by Gasteiger charge is 2.44. The van der Waals surface area contributed by atoms with Crippen LogP contribution in [0.15, 0.2) is 65.7 Å². The van der Waals surface area contributed by atoms with Crippen LogP contribution in [0.25, 0.3) is 0 Å². The lowest BCUT2D eigenvalue weighted by molar-refractivity contribution is -0.525. The second kappa shape index (κ2) is 37.1. The maximum Gasteiger partial charge on any atom is 0.328 e. The minimum Gasteiger partial charge on any atom is -0.459 e. The van der Waals surface area contributed by atoms with E-state index in [4.69, 9.17) is 39.9 Å². The van der Waals surface area contributed by atoms with Gasteiger partial charge < -0.3 is 71.0 Å². The molecule has 6 unspecified atom stereocenters. The highest BCUT2D eigenvalue weighted by molar-refractivity contribution is 5.97. The first-order chi connectivity index (χ1) is 38.2. The highest BCUT2D eigenvalue weighted by atomic mass is 16.7. The number of amides is 6. The van der Waals surface area contributed by atoms with Gasteiger partial charge in [-0.2, -0.15) is 0 Å². The van der Waals surface area contributed by atoms with Crippen molar-refractivity contribution in [1.82, 2.24) is 36.5 Å². The fraction of sp³-hybridized carbons (Fsp3) is 0.623. The molecule has 26 nitrogen and oxygen atoms in total. The maximum atomic E-state index is 14.7. The Balaban J connectivity index is 1.39. The Morgan fingerprint density at radius 3 is 2.00 bits per heavy atom. The number of guanidine groups is 1. The number of nitro groups is 1. The van der Waals surface area contributed by atoms with Crippen molar-refractivity contribution < 1.29 is 67.0 Å². The number of hydrogen-bond acceptors (Lipinski definition) is 17. The van der Waals surface area contributed by atoms with Crippen LogP contribution in [0.4, 0.5) is 0 Å². The second-order valence-electron chi connectivity index (χ2n) is 18.9. The molecule has 9 N–H and O–H groups in total. The van der Waals surface area contributed by atoms with Crippen molar-refractivity contribution in [2.24, 2.45) is 16.5 Å². The summed E-state index contributed by atoms with van der Waals surface area (Å²) in [6, 6.07) is 12.8. The van der Waals surface area contributed by atoms with Gasteiger partial charge in [-0.3, -0.25) is 28.8 Å². The normalized spacial score (nSPS) is 16.8. The molecular formula is C53H81N11O15. The second-order valence-corrected chi connectivity index (χ2v) is 18.9. The number of nitrogens with two attached hydrogens (primary N) is 2. The number of esters is 1. The smallest absolute Gasteiger partial charge is 0.328 e. The van der Waals surface area contributed by atoms with Crippen molar-refractivity contribution in [1.29, 1.82) is 0 Å². The van der Waals surface area contributed by atoms with Crippen LogP contribution in [-0.2, 0) is 75.2 Å². The van der Waals surface area contributed by atoms with Gasteiger partial charge in [0, 0.05) is 32.7 Å². The van der Waals surface area contributed by atoms with Gasteiger partial charge >= 0.3 is 5.97 Å². The van der Waals surface area contributed by atoms with E-state index in [-0.39, 0.29) is 104 Å². The number of carbonyl (C=O) groups excluding carboxylic acids is 7. The Labute approximate surface area is 461 Å². The minimum atomic E-state index is -1.28. The van der Waals surface area contributed by atoms with E-state index in [0.29, 0.717) is 45.4 Å². The van der Waals surface area contributed by atoms with E-state index >= 15 is 0 Å². The molecule has 2 aliphatic rings. The van der Waals surface area contributed by atoms with Crippen LogP contribution in [0, 0.1) is 10.1 Å². The monoisotopic (exact) mass is 1110 g/mol. The van der Waals surface area contributed by atoms with Gasteiger partial charge in [-0.1, -0.05) is 92.3 Å². The van der Waals surface area contributed by atoms with Gasteiger partial charge in [-0.25, -0.2) is 19.9 Å². The average Bonchev–Trinajstić information content (AvgIpc) is 4.16. The third-order valence-electron chi connectivity index (χ3n) is 12.8. The standard InChI is InChI=1S/C53H81N11O15/c1-3-4-7-19-41(58-49(68)47(38(2)78-34-39-15-8-5-9-16-39)60-46(66)37-77-33-31-75-29-25-56-45(65)36-76-32-30-74-28-23-54)50(69)63-27-14-22-44(63)51(70)62-26-13-21-43(62)48(67)59-42(20-12-24-57-53(55)61-64(72)73)52(71)79-35-40-17-10-6-11-18-40/h5-6,8-11,15-18,38,41-44,47H,3-4,7,12-14,19-37,54H2,1-2H3,(H,56,65)(H,58,68)(H,59,67)(H,60,66)(H3,55,57,61). The van der Waals surface area contributed by atoms with E-state index in [1.54, 1.807) is 36.6 Å². The van der Waals surface area contributed by atoms with Crippen LogP contribution < -0.4 is 38.2 Å². The fourth-order valence-electron chi connectivity index (χ4n) is 8.75. The molecule has 79 heavy (non-hydrogen) atoms. The zero-order valence-electron chi connectivity index (χ0n) is 45.5. The van der Waals surface area contributed by atoms with Gasteiger partial charge in [0.15, 0.2) is 5.03 Å². The predicted molar refractivity (Wildman–Crippen MR) is 288 cm³/mol. The number of benzene rings is 2. The molecule has 26 heteroatoms. The molecule has 6 atom stereocenters. The van der Waals surface area contributed by atoms with Crippen LogP contribution in [-0.4, -0.2) is 184 Å². The number of carbonyl (C=O) groups is 7. The predicted octanol–water partition coefficient (Wildman–Crippen LogP) is 0.369. The third-order valence-corrected chi connectivity index (χ3v) is 12.8. The van der Waals surface area contributed by atoms with Gasteiger partial charge in [-0.05, 0) is 63.0 Å². The Hall–Kier alpha value is -6.84. The molecule has 0 bridgehead atoms. The molecule has 2 heterocycles. The molecule has 0 radical (unpaired) electrons. The molecule has 6 amide bonds. The first kappa shape index (κ1) is 64.7. The van der Waals surface area contributed by atoms with E-state index < -0.39 is 89.4 Å². The molecular weight excluding hydrogens is 1030 g/mol. The summed E-state index contributed by atoms with van der Waals surface area (Å²) in [7, 11) is 0. The summed E-state index contributed by atoms with van der Waals surface area (Å²) < 4.78 is 33.2. The maximum absolute atomic E-state index is 14.7. The van der Waals surface area contributed by atoms with Crippen LogP contribution in [0.5, 0.6) is 0 Å². The Kier molecular flexibility index (Phi) is 30.4. The summed E-state index contributed by atoms with van der Waals surface area (Å²) in [5, 5.41) is 21.0. The Morgan fingerprint density at radius 1 is 0.734 bits per heavy atom. The topological polar surface area (TPSA) is 349 Å². The quantitative estimate of drug-likeness (QED) is 0.0119. The van der Waals surface area contributed by atoms with Crippen molar-refractivity contribution in [3.05, 3.63) is 81.9 Å². The lowest BCUT2D eigenvalue weighted by Gasteiger charge is -2.34. The van der Waals surface area contributed by atoms with Crippen molar-refractivity contribution in [3.8, 4) is 0 Å². The van der Waals surface area contributed by atoms with Gasteiger partial charge in [0.25, 0.3) is 5.96 Å². The molecule has 4 rings (SSSR count). The zero-order chi connectivity index (χ0) is 57.2. The fourth-order valence-corrected chi connectivity index (χ4v) is 8.75. The van der Waals surface area contributed by atoms with Gasteiger partial charge in [0.1, 0.15) is 50.0 Å². The summed E-state index contributed by atoms with van der Waals surface area (Å²) in [5.74, 6) is -4.31. The van der Waals surface area contributed by atoms with Crippen LogP contribution in [0.3, 0.4) is 0 Å². The Bertz CT molecular complexity index is 2230. The summed E-state index contributed by atoms with van der Waals surface area (Å²) in [6.45, 7) is 5.51. The molecule has 2 fully saturated rings. The van der Waals surface area contributed by atoms with E-state index in [1.165, 1.54) is 9.80 Å². The van der Waals surface area contributed by atoms with Crippen LogP contribution >= 0.6 is 0 Å². The summed E-state index contributed by atoms with van der Waals surface area (Å²) in [5.41, 5.74) is 14.2. The molecule has 0 aromatic heterocycles. The molecule has 0 aliphatic carbocycles. The van der Waals surface area contributed by atoms with Crippen molar-refractivity contribution in [2.45, 2.75) is 128 Å². The molecule has 2 saturated heterocycles. The number of hydrogen-bond donors (Lipinski definition) is 7. The van der Waals surface area contributed by atoms with E-state index in [9.17, 15) is 43.7 Å². The average molecular weight is 1110 g/mol. The van der Waals surface area contributed by atoms with Crippen LogP contribution in [0.2, 0.25) is 0 Å². The molecule has 0 saturated carbocycles. The number of aliphatic imine (C=N–C) groups is 1. The van der Waals surface area contributed by atoms with E-state index in [2.05, 4.69) is 26.3 Å². The SMILES string of the molecule is CCCCCC(NC(=O)C(NC(=O)COCCOCCNC(=O)COCCOCCN)C(C)OCc1ccccc1)C(=O)N1CCCC1C(=O)N1CCCC1C(=O)NC(CCCN=C(N)N[N+](=O)[O-])C(=O)OCc1ccccc1. The lowest BCUT2D eigenvalue weighted by atomic mass is 10.0. The number of hydrazine groups is 1. The molecule has 2 aromatic rings. The molecule has 2 aromatic carbocycles. The van der Waals surface area contributed by atoms with Gasteiger partial charge in [-0.15, -0.1) is 0 Å². The zero-order valence-corrected chi connectivity index (χ0v) is 45.5. The first-order valence-corrected chi connectivity index (χ1v) is 27.1. The van der Waals surface area contributed by atoms with Crippen LogP contribution in [0.1, 0.15) is 89.2 Å². The lowest BCUT2D eigenvalue weighted by Crippen LogP contribution is -2.60. The number of rotatable bonds is 38. The van der Waals surface area contributed by atoms with E-state index in [1.807, 2.05) is 43.3 Å². The number of ether oxygens (including phenoxy) is 6. The van der Waals surface area contributed by atoms with E-state index in [0.717, 1.165) is 24.0 Å². The number of likely N-dealkylation sites (tertiary alicyclic amines) is 2. The van der Waals surface area contributed by atoms with Gasteiger partial charge in [0.05, 0.1) is 52.4 Å². The third kappa shape index (κ3) is 24.4. The number of nitrogens with one attached hydrogen (secondary N) is 5. The largest absolute Gasteiger partial charge is 0.459 e.